The quantitative estimate of drug-likeness (QED) is 0.114. The zero-order chi connectivity index (χ0) is 34.1. The number of methoxy groups -OCH3 is 1. The van der Waals surface area contributed by atoms with E-state index < -0.39 is 46.7 Å². The van der Waals surface area contributed by atoms with Gasteiger partial charge in [0.15, 0.2) is 5.78 Å². The number of ether oxygens (including phenoxy) is 5. The summed E-state index contributed by atoms with van der Waals surface area (Å²) in [4.78, 5) is 29.8. The third kappa shape index (κ3) is 4.75. The van der Waals surface area contributed by atoms with Gasteiger partial charge in [-0.15, -0.1) is 0 Å². The summed E-state index contributed by atoms with van der Waals surface area (Å²) in [5.41, 5.74) is 8.80. The second-order valence-corrected chi connectivity index (χ2v) is 13.9. The lowest BCUT2D eigenvalue weighted by Gasteiger charge is -2.59. The lowest BCUT2D eigenvalue weighted by atomic mass is 9.55. The number of Topliss-reactive ketones (excluding diaryl/α,β-unsaturated/α-hetero) is 1. The van der Waals surface area contributed by atoms with Crippen LogP contribution in [-0.4, -0.2) is 59.5 Å². The van der Waals surface area contributed by atoms with E-state index in [1.807, 2.05) is 49.4 Å². The Morgan fingerprint density at radius 2 is 1.94 bits per heavy atom. The fourth-order valence-electron chi connectivity index (χ4n) is 8.85. The number of aliphatic hydroxyl groups is 1. The van der Waals surface area contributed by atoms with Crippen LogP contribution in [0, 0.1) is 17.8 Å². The van der Waals surface area contributed by atoms with Crippen LogP contribution in [0.15, 0.2) is 89.1 Å². The van der Waals surface area contributed by atoms with Crippen molar-refractivity contribution in [3.8, 4) is 5.75 Å². The number of ketones is 1. The van der Waals surface area contributed by atoms with E-state index in [2.05, 4.69) is 23.5 Å². The minimum absolute atomic E-state index is 0.0329. The predicted molar refractivity (Wildman–Crippen MR) is 174 cm³/mol. The highest BCUT2D eigenvalue weighted by molar-refractivity contribution is 6.04. The number of benzene rings is 2. The van der Waals surface area contributed by atoms with E-state index in [-0.39, 0.29) is 36.8 Å². The maximum absolute atomic E-state index is 13.8. The standard InChI is InChI=1S/C37H39N3O8/c1-21(2)35-17-23(4)37-27(33(35)46-36(47-35,48-37)19-24-9-7-6-8-10-24)14-26(18-34(43)30(37)13-22(3)32(34)42)20-45-31(41)16-25-11-12-29(44-5)28(15-25)39-40-38/h6-15,23,27,30,33,43H,1,16-20H2,2-5H3/t23-,27+,30-,33?,34-,35+,36?,37?/m1/s1. The first-order valence-electron chi connectivity index (χ1n) is 16.2. The molecule has 250 valence electrons. The van der Waals surface area contributed by atoms with Gasteiger partial charge in [-0.25, -0.2) is 0 Å². The fourth-order valence-corrected chi connectivity index (χ4v) is 8.85. The Morgan fingerprint density at radius 3 is 2.65 bits per heavy atom. The molecule has 2 heterocycles. The number of nitrogens with zero attached hydrogens (tertiary/aromatic N) is 3. The van der Waals surface area contributed by atoms with E-state index in [9.17, 15) is 14.7 Å². The summed E-state index contributed by atoms with van der Waals surface area (Å²) in [6.45, 7) is 9.94. The molecule has 3 unspecified atom stereocenters. The van der Waals surface area contributed by atoms with Crippen molar-refractivity contribution in [2.24, 2.45) is 22.9 Å². The van der Waals surface area contributed by atoms with E-state index >= 15 is 0 Å². The zero-order valence-corrected chi connectivity index (χ0v) is 27.5. The number of azide groups is 1. The molecule has 1 saturated carbocycles. The van der Waals surface area contributed by atoms with Gasteiger partial charge in [-0.05, 0) is 71.7 Å². The Morgan fingerprint density at radius 1 is 1.17 bits per heavy atom. The molecule has 3 bridgehead atoms. The van der Waals surface area contributed by atoms with Crippen LogP contribution in [-0.2, 0) is 41.4 Å². The predicted octanol–water partition coefficient (Wildman–Crippen LogP) is 5.98. The summed E-state index contributed by atoms with van der Waals surface area (Å²) in [6.07, 6.45) is 4.02. The molecule has 3 fully saturated rings. The van der Waals surface area contributed by atoms with Crippen LogP contribution in [0.25, 0.3) is 10.4 Å². The molecule has 5 aliphatic rings. The highest BCUT2D eigenvalue weighted by atomic mass is 16.9. The Kier molecular flexibility index (Phi) is 7.69. The number of carbonyl (C=O) groups excluding carboxylic acids is 2. The average Bonchev–Trinajstić information content (AvgIpc) is 3.36. The second kappa shape index (κ2) is 11.4. The highest BCUT2D eigenvalue weighted by Gasteiger charge is 2.79. The number of hydrogen-bond acceptors (Lipinski definition) is 9. The van der Waals surface area contributed by atoms with Crippen molar-refractivity contribution in [2.75, 3.05) is 13.7 Å². The average molecular weight is 654 g/mol. The molecular weight excluding hydrogens is 614 g/mol. The van der Waals surface area contributed by atoms with Gasteiger partial charge in [0, 0.05) is 23.2 Å². The number of esters is 1. The van der Waals surface area contributed by atoms with Gasteiger partial charge in [-0.1, -0.05) is 67.2 Å². The first-order valence-corrected chi connectivity index (χ1v) is 16.2. The number of fused-ring (bicyclic) bond motifs is 2. The zero-order valence-electron chi connectivity index (χ0n) is 27.5. The van der Waals surface area contributed by atoms with Gasteiger partial charge in [0.2, 0.25) is 0 Å². The topological polar surface area (TPSA) is 149 Å². The summed E-state index contributed by atoms with van der Waals surface area (Å²) in [7, 11) is 1.46. The summed E-state index contributed by atoms with van der Waals surface area (Å²) in [6, 6.07) is 14.7. The van der Waals surface area contributed by atoms with Crippen molar-refractivity contribution in [1.29, 1.82) is 0 Å². The summed E-state index contributed by atoms with van der Waals surface area (Å²) in [5, 5.41) is 16.1. The lowest BCUT2D eigenvalue weighted by Crippen LogP contribution is -2.70. The molecule has 0 amide bonds. The minimum atomic E-state index is -1.82. The van der Waals surface area contributed by atoms with Gasteiger partial charge in [0.05, 0.1) is 31.2 Å². The molecule has 2 aliphatic heterocycles. The molecule has 8 atom stereocenters. The molecule has 1 N–H and O–H groups in total. The van der Waals surface area contributed by atoms with Crippen LogP contribution in [0.2, 0.25) is 0 Å². The molecule has 0 aromatic heterocycles. The molecule has 2 saturated heterocycles. The van der Waals surface area contributed by atoms with E-state index in [1.165, 1.54) is 7.11 Å². The van der Waals surface area contributed by atoms with Gasteiger partial charge in [0.1, 0.15) is 29.7 Å². The minimum Gasteiger partial charge on any atom is -0.496 e. The van der Waals surface area contributed by atoms with Crippen molar-refractivity contribution < 1.29 is 38.4 Å². The van der Waals surface area contributed by atoms with Gasteiger partial charge < -0.3 is 28.8 Å². The molecule has 0 radical (unpaired) electrons. The lowest BCUT2D eigenvalue weighted by molar-refractivity contribution is -0.421. The van der Waals surface area contributed by atoms with Crippen molar-refractivity contribution >= 4 is 17.4 Å². The van der Waals surface area contributed by atoms with Crippen molar-refractivity contribution in [2.45, 2.75) is 75.3 Å². The molecule has 2 aromatic carbocycles. The number of carbonyl (C=O) groups is 2. The van der Waals surface area contributed by atoms with Gasteiger partial charge in [0.25, 0.3) is 5.97 Å². The van der Waals surface area contributed by atoms with Crippen molar-refractivity contribution in [3.05, 3.63) is 106 Å². The summed E-state index contributed by atoms with van der Waals surface area (Å²) >= 11 is 0. The molecule has 7 rings (SSSR count). The van der Waals surface area contributed by atoms with E-state index in [1.54, 1.807) is 25.1 Å². The number of hydrogen-bond donors (Lipinski definition) is 1. The first kappa shape index (κ1) is 32.3. The van der Waals surface area contributed by atoms with Crippen molar-refractivity contribution in [1.82, 2.24) is 0 Å². The number of rotatable bonds is 9. The van der Waals surface area contributed by atoms with Crippen molar-refractivity contribution in [3.63, 3.8) is 0 Å². The van der Waals surface area contributed by atoms with E-state index in [0.29, 0.717) is 35.3 Å². The summed E-state index contributed by atoms with van der Waals surface area (Å²) < 4.78 is 31.9. The monoisotopic (exact) mass is 653 g/mol. The van der Waals surface area contributed by atoms with Crippen LogP contribution in [0.5, 0.6) is 5.75 Å². The SMILES string of the molecule is C=C(C)[C@@]12C[C@@H](C)C34OC(Cc5ccccc5)(OC1[C@@H]3C=C(COC(=O)Cc1ccc(OC)c(N=[N+]=[N-])c1)C[C@]1(O)C(=O)C(C)=C[C@@H]41)O2. The molecule has 48 heavy (non-hydrogen) atoms. The van der Waals surface area contributed by atoms with Crippen LogP contribution in [0.4, 0.5) is 5.69 Å². The fraction of sp³-hybridized carbons (Fsp3) is 0.459. The van der Waals surface area contributed by atoms with Gasteiger partial charge >= 0.3 is 5.97 Å². The third-order valence-corrected chi connectivity index (χ3v) is 10.9. The normalized spacial score (nSPS) is 35.8. The van der Waals surface area contributed by atoms with Gasteiger partial charge in [-0.3, -0.25) is 9.59 Å². The Bertz CT molecular complexity index is 1820. The van der Waals surface area contributed by atoms with E-state index in [0.717, 1.165) is 11.1 Å². The molecule has 2 aromatic rings. The second-order valence-electron chi connectivity index (χ2n) is 13.9. The van der Waals surface area contributed by atoms with Crippen LogP contribution in [0.3, 0.4) is 0 Å². The Hall–Kier alpha value is -4.25. The molecule has 11 heteroatoms. The van der Waals surface area contributed by atoms with Gasteiger partial charge in [-0.2, -0.15) is 0 Å². The van der Waals surface area contributed by atoms with Crippen LogP contribution >= 0.6 is 0 Å². The molecule has 0 spiro atoms. The molecular formula is C37H39N3O8. The Labute approximate surface area is 278 Å². The maximum Gasteiger partial charge on any atom is 0.310 e. The molecule has 3 aliphatic carbocycles. The molecule has 11 nitrogen and oxygen atoms in total. The highest BCUT2D eigenvalue weighted by Crippen LogP contribution is 2.68. The smallest absolute Gasteiger partial charge is 0.310 e. The largest absolute Gasteiger partial charge is 0.496 e. The Balaban J connectivity index is 1.25. The van der Waals surface area contributed by atoms with E-state index in [4.69, 9.17) is 29.2 Å². The van der Waals surface area contributed by atoms with Crippen LogP contribution < -0.4 is 4.74 Å². The first-order chi connectivity index (χ1) is 22.9. The maximum atomic E-state index is 13.8. The third-order valence-electron chi connectivity index (χ3n) is 10.9. The summed E-state index contributed by atoms with van der Waals surface area (Å²) in [5.74, 6) is -3.32. The van der Waals surface area contributed by atoms with Crippen LogP contribution in [0.1, 0.15) is 44.7 Å².